The van der Waals surface area contributed by atoms with Gasteiger partial charge < -0.3 is 29.7 Å². The van der Waals surface area contributed by atoms with Crippen LogP contribution in [0.2, 0.25) is 0 Å². The number of nitrogens with one attached hydrogen (secondary N) is 1. The third-order valence-corrected chi connectivity index (χ3v) is 8.71. The third-order valence-electron chi connectivity index (χ3n) is 8.71. The first-order chi connectivity index (χ1) is 22.1. The van der Waals surface area contributed by atoms with Crippen molar-refractivity contribution in [1.29, 1.82) is 0 Å². The number of aliphatic carboxylic acids is 1. The molecular formula is C34H45FN6O6. The first kappa shape index (κ1) is 34.2. The number of aromatic nitrogens is 3. The van der Waals surface area contributed by atoms with Crippen molar-refractivity contribution in [3.63, 3.8) is 0 Å². The zero-order valence-electron chi connectivity index (χ0n) is 28.1. The summed E-state index contributed by atoms with van der Waals surface area (Å²) < 4.78 is 28.0. The molecule has 2 amide bonds. The molecule has 12 nitrogen and oxygen atoms in total. The lowest BCUT2D eigenvalue weighted by atomic mass is 9.92. The standard InChI is InChI=1S/C34H45FN6O6/c1-21-17-23(9-10-25(21)35)20-40-13-7-8-16-46-34(6)11-14-39(15-12-34)30-27(28(32(44)45)47-33(3,4)5)22(2)37-26-18-24(38-41(26)30)19-36-29(42)31(40)43/h9-10,17-18,28H,7-8,11-16,19-20H2,1-6H3,(H,36,42)(H,44,45)/t28-/m0/s1. The summed E-state index contributed by atoms with van der Waals surface area (Å²) in [5, 5.41) is 17.8. The molecule has 1 atom stereocenters. The predicted molar refractivity (Wildman–Crippen MR) is 172 cm³/mol. The van der Waals surface area contributed by atoms with E-state index in [1.807, 2.05) is 0 Å². The zero-order chi connectivity index (χ0) is 34.1. The molecule has 3 aromatic rings. The average Bonchev–Trinajstić information content (AvgIpc) is 3.40. The summed E-state index contributed by atoms with van der Waals surface area (Å²) in [5.41, 5.74) is 1.88. The fourth-order valence-corrected chi connectivity index (χ4v) is 6.17. The Morgan fingerprint density at radius 3 is 2.53 bits per heavy atom. The molecule has 2 N–H and O–H groups in total. The molecule has 4 bridgehead atoms. The maximum absolute atomic E-state index is 13.9. The number of carbonyl (C=O) groups is 3. The van der Waals surface area contributed by atoms with E-state index in [0.29, 0.717) is 85.9 Å². The molecule has 3 aliphatic heterocycles. The van der Waals surface area contributed by atoms with Gasteiger partial charge in [0.25, 0.3) is 0 Å². The minimum atomic E-state index is -1.30. The van der Waals surface area contributed by atoms with E-state index in [4.69, 9.17) is 19.6 Å². The quantitative estimate of drug-likeness (QED) is 0.388. The summed E-state index contributed by atoms with van der Waals surface area (Å²) in [6.45, 7) is 13.0. The fraction of sp³-hybridized carbons (Fsp3) is 0.559. The molecule has 0 saturated carbocycles. The number of fused-ring (bicyclic) bond motifs is 11. The van der Waals surface area contributed by atoms with Gasteiger partial charge in [0.2, 0.25) is 0 Å². The van der Waals surface area contributed by atoms with Gasteiger partial charge in [-0.25, -0.2) is 14.2 Å². The maximum atomic E-state index is 13.9. The Balaban J connectivity index is 1.52. The molecule has 0 spiro atoms. The normalized spacial score (nSPS) is 18.7. The lowest BCUT2D eigenvalue weighted by Gasteiger charge is -2.41. The van der Waals surface area contributed by atoms with E-state index >= 15 is 0 Å². The van der Waals surface area contributed by atoms with Crippen LogP contribution in [0, 0.1) is 19.7 Å². The summed E-state index contributed by atoms with van der Waals surface area (Å²) in [6.07, 6.45) is 1.40. The second-order valence-electron chi connectivity index (χ2n) is 13.8. The Bertz CT molecular complexity index is 1660. The first-order valence-electron chi connectivity index (χ1n) is 16.1. The highest BCUT2D eigenvalue weighted by atomic mass is 19.1. The lowest BCUT2D eigenvalue weighted by molar-refractivity contribution is -0.160. The van der Waals surface area contributed by atoms with Gasteiger partial charge in [-0.15, -0.1) is 0 Å². The summed E-state index contributed by atoms with van der Waals surface area (Å²) in [6, 6.07) is 6.38. The van der Waals surface area contributed by atoms with Gasteiger partial charge in [0.05, 0.1) is 29.0 Å². The van der Waals surface area contributed by atoms with E-state index in [1.165, 1.54) is 11.0 Å². The summed E-state index contributed by atoms with van der Waals surface area (Å²) in [7, 11) is 0. The minimum Gasteiger partial charge on any atom is -0.479 e. The van der Waals surface area contributed by atoms with Crippen LogP contribution in [0.1, 0.15) is 87.6 Å². The van der Waals surface area contributed by atoms with Crippen molar-refractivity contribution >= 4 is 29.2 Å². The van der Waals surface area contributed by atoms with Crippen molar-refractivity contribution in [2.75, 3.05) is 31.1 Å². The number of halogens is 1. The molecule has 3 aliphatic rings. The van der Waals surface area contributed by atoms with E-state index in [-0.39, 0.29) is 18.9 Å². The lowest BCUT2D eigenvalue weighted by Crippen LogP contribution is -2.46. The van der Waals surface area contributed by atoms with Crippen molar-refractivity contribution in [3.05, 3.63) is 58.2 Å². The van der Waals surface area contributed by atoms with Crippen LogP contribution in [0.15, 0.2) is 24.3 Å². The van der Waals surface area contributed by atoms with Crippen LogP contribution in [-0.2, 0) is 36.9 Å². The zero-order valence-corrected chi connectivity index (χ0v) is 28.1. The van der Waals surface area contributed by atoms with Crippen molar-refractivity contribution in [2.24, 2.45) is 0 Å². The molecule has 0 radical (unpaired) electrons. The summed E-state index contributed by atoms with van der Waals surface area (Å²) in [5.74, 6) is -2.38. The monoisotopic (exact) mass is 652 g/mol. The molecule has 0 unspecified atom stereocenters. The molecule has 5 heterocycles. The second kappa shape index (κ2) is 13.6. The Morgan fingerprint density at radius 2 is 1.87 bits per heavy atom. The van der Waals surface area contributed by atoms with Crippen LogP contribution >= 0.6 is 0 Å². The number of carboxylic acid groups (broad SMARTS) is 1. The van der Waals surface area contributed by atoms with Crippen LogP contribution in [0.3, 0.4) is 0 Å². The third kappa shape index (κ3) is 7.90. The van der Waals surface area contributed by atoms with Gasteiger partial charge in [-0.2, -0.15) is 9.61 Å². The minimum absolute atomic E-state index is 0.0436. The highest BCUT2D eigenvalue weighted by molar-refractivity contribution is 6.34. The first-order valence-corrected chi connectivity index (χ1v) is 16.1. The van der Waals surface area contributed by atoms with Gasteiger partial charge in [-0.1, -0.05) is 12.1 Å². The number of carboxylic acids is 1. The van der Waals surface area contributed by atoms with Crippen LogP contribution in [0.25, 0.3) is 5.65 Å². The van der Waals surface area contributed by atoms with Gasteiger partial charge in [-0.05, 0) is 84.4 Å². The highest BCUT2D eigenvalue weighted by Gasteiger charge is 2.38. The van der Waals surface area contributed by atoms with Crippen molar-refractivity contribution in [3.8, 4) is 0 Å². The predicted octanol–water partition coefficient (Wildman–Crippen LogP) is 4.24. The van der Waals surface area contributed by atoms with E-state index in [1.54, 1.807) is 57.3 Å². The number of anilines is 1. The number of hydrogen-bond acceptors (Lipinski definition) is 8. The highest BCUT2D eigenvalue weighted by Crippen LogP contribution is 2.37. The van der Waals surface area contributed by atoms with Gasteiger partial charge in [0.15, 0.2) is 11.8 Å². The van der Waals surface area contributed by atoms with Crippen LogP contribution in [-0.4, -0.2) is 79.8 Å². The Labute approximate surface area is 274 Å². The van der Waals surface area contributed by atoms with E-state index in [9.17, 15) is 23.9 Å². The van der Waals surface area contributed by atoms with Crippen LogP contribution in [0.4, 0.5) is 10.2 Å². The fourth-order valence-electron chi connectivity index (χ4n) is 6.17. The molecule has 2 aromatic heterocycles. The van der Waals surface area contributed by atoms with Gasteiger partial charge in [0.1, 0.15) is 11.6 Å². The van der Waals surface area contributed by atoms with Gasteiger partial charge >= 0.3 is 17.8 Å². The number of piperidine rings is 1. The molecule has 1 fully saturated rings. The average molecular weight is 653 g/mol. The SMILES string of the molecule is Cc1cc(CN2CCCCOC3(C)CCN(CC3)c3c([C@H](OC(C)(C)C)C(=O)O)c(C)nc4cc(nn34)CNC(=O)C2=O)ccc1F. The summed E-state index contributed by atoms with van der Waals surface area (Å²) >= 11 is 0. The molecule has 13 heteroatoms. The van der Waals surface area contributed by atoms with Crippen LogP contribution < -0.4 is 10.2 Å². The molecule has 254 valence electrons. The molecule has 6 rings (SSSR count). The number of carbonyl (C=O) groups excluding carboxylic acids is 2. The summed E-state index contributed by atoms with van der Waals surface area (Å²) in [4.78, 5) is 47.5. The molecule has 0 aliphatic carbocycles. The number of nitrogens with zero attached hydrogens (tertiary/aromatic N) is 5. The number of amides is 2. The van der Waals surface area contributed by atoms with Gasteiger partial charge in [0, 0.05) is 44.5 Å². The van der Waals surface area contributed by atoms with Crippen molar-refractivity contribution < 1.29 is 33.4 Å². The Hall–Kier alpha value is -4.10. The molecule has 47 heavy (non-hydrogen) atoms. The van der Waals surface area contributed by atoms with E-state index in [2.05, 4.69) is 17.1 Å². The topological polar surface area (TPSA) is 139 Å². The number of benzene rings is 1. The molecule has 1 saturated heterocycles. The maximum Gasteiger partial charge on any atom is 0.337 e. The van der Waals surface area contributed by atoms with Crippen LogP contribution in [0.5, 0.6) is 0 Å². The Kier molecular flexibility index (Phi) is 9.88. The van der Waals surface area contributed by atoms with E-state index < -0.39 is 35.1 Å². The van der Waals surface area contributed by atoms with Crippen molar-refractivity contribution in [2.45, 2.75) is 97.6 Å². The Morgan fingerprint density at radius 1 is 1.15 bits per heavy atom. The van der Waals surface area contributed by atoms with Gasteiger partial charge in [-0.3, -0.25) is 9.59 Å². The molecular weight excluding hydrogens is 607 g/mol. The smallest absolute Gasteiger partial charge is 0.337 e. The second-order valence-corrected chi connectivity index (χ2v) is 13.8. The van der Waals surface area contributed by atoms with Crippen molar-refractivity contribution in [1.82, 2.24) is 24.8 Å². The van der Waals surface area contributed by atoms with E-state index in [0.717, 1.165) is 5.56 Å². The molecule has 1 aromatic carbocycles. The number of rotatable bonds is 5. The number of hydrogen-bond donors (Lipinski definition) is 2. The number of aryl methyl sites for hydroxylation is 2. The largest absolute Gasteiger partial charge is 0.479 e. The number of ether oxygens (including phenoxy) is 2.